The van der Waals surface area contributed by atoms with Crippen LogP contribution in [0.1, 0.15) is 38.5 Å². The van der Waals surface area contributed by atoms with Crippen molar-refractivity contribution in [2.75, 3.05) is 32.0 Å². The lowest BCUT2D eigenvalue weighted by Crippen LogP contribution is -2.71. The molecule has 206 valence electrons. The van der Waals surface area contributed by atoms with Crippen molar-refractivity contribution in [2.45, 2.75) is 51.1 Å². The molecule has 0 aliphatic carbocycles. The number of rotatable bonds is 8. The Bertz CT molecular complexity index is 1180. The summed E-state index contributed by atoms with van der Waals surface area (Å²) >= 11 is 2.44. The number of anilines is 1. The molecule has 3 atom stereocenters. The lowest BCUT2D eigenvalue weighted by molar-refractivity contribution is -0.173. The zero-order chi connectivity index (χ0) is 27.6. The van der Waals surface area contributed by atoms with Crippen molar-refractivity contribution in [2.24, 2.45) is 10.6 Å². The second-order valence-corrected chi connectivity index (χ2v) is 11.8. The predicted octanol–water partition coefficient (Wildman–Crippen LogP) is 0.999. The molecule has 15 heteroatoms. The van der Waals surface area contributed by atoms with Crippen molar-refractivity contribution in [3.8, 4) is 0 Å². The number of esters is 2. The monoisotopic (exact) mass is 567 g/mol. The van der Waals surface area contributed by atoms with Gasteiger partial charge in [-0.15, -0.1) is 11.8 Å². The zero-order valence-corrected chi connectivity index (χ0v) is 23.0. The molecule has 3 aliphatic heterocycles. The van der Waals surface area contributed by atoms with Gasteiger partial charge in [0, 0.05) is 18.6 Å². The van der Waals surface area contributed by atoms with E-state index in [0.29, 0.717) is 29.2 Å². The van der Waals surface area contributed by atoms with Crippen molar-refractivity contribution < 1.29 is 38.2 Å². The van der Waals surface area contributed by atoms with Crippen LogP contribution in [0.2, 0.25) is 0 Å². The first-order valence-corrected chi connectivity index (χ1v) is 13.7. The molecule has 1 aromatic rings. The minimum Gasteiger partial charge on any atom is -0.427 e. The van der Waals surface area contributed by atoms with Gasteiger partial charge in [0.05, 0.1) is 16.4 Å². The molecule has 38 heavy (non-hydrogen) atoms. The Kier molecular flexibility index (Phi) is 8.28. The Labute approximate surface area is 227 Å². The summed E-state index contributed by atoms with van der Waals surface area (Å²) in [4.78, 5) is 61.9. The number of nitrogens with two attached hydrogens (primary N) is 1. The molecule has 3 aliphatic rings. The first-order valence-electron chi connectivity index (χ1n) is 11.8. The quantitative estimate of drug-likeness (QED) is 0.151. The van der Waals surface area contributed by atoms with Gasteiger partial charge in [-0.05, 0) is 39.2 Å². The number of thioether (sulfide) groups is 1. The van der Waals surface area contributed by atoms with Gasteiger partial charge in [0.1, 0.15) is 24.2 Å². The molecule has 3 N–H and O–H groups in total. The summed E-state index contributed by atoms with van der Waals surface area (Å²) in [5, 5.41) is 6.13. The molecular weight excluding hydrogens is 538 g/mol. The maximum atomic E-state index is 13.3. The molecule has 0 spiro atoms. The second kappa shape index (κ2) is 11.3. The Balaban J connectivity index is 1.50. The fraction of sp³-hybridized carbons (Fsp3) is 0.565. The Morgan fingerprint density at radius 1 is 1.32 bits per heavy atom. The van der Waals surface area contributed by atoms with E-state index in [1.807, 2.05) is 0 Å². The van der Waals surface area contributed by atoms with Gasteiger partial charge in [-0.1, -0.05) is 16.5 Å². The van der Waals surface area contributed by atoms with Crippen LogP contribution in [0.25, 0.3) is 0 Å². The van der Waals surface area contributed by atoms with Crippen LogP contribution in [0.5, 0.6) is 0 Å². The van der Waals surface area contributed by atoms with Crippen LogP contribution < -0.4 is 11.1 Å². The molecule has 0 bridgehead atoms. The van der Waals surface area contributed by atoms with E-state index >= 15 is 0 Å². The number of aromatic nitrogens is 1. The highest BCUT2D eigenvalue weighted by molar-refractivity contribution is 8.00. The summed E-state index contributed by atoms with van der Waals surface area (Å²) in [6, 6.07) is -0.924. The highest BCUT2D eigenvalue weighted by Gasteiger charge is 2.55. The van der Waals surface area contributed by atoms with E-state index in [2.05, 4.69) is 15.5 Å². The lowest BCUT2D eigenvalue weighted by Gasteiger charge is -2.50. The van der Waals surface area contributed by atoms with E-state index in [1.54, 1.807) is 20.8 Å². The molecule has 4 heterocycles. The molecule has 0 unspecified atom stereocenters. The number of fused-ring (bicyclic) bond motifs is 1. The fourth-order valence-corrected chi connectivity index (χ4v) is 6.12. The van der Waals surface area contributed by atoms with E-state index < -0.39 is 47.4 Å². The van der Waals surface area contributed by atoms with Gasteiger partial charge in [0.2, 0.25) is 6.79 Å². The van der Waals surface area contributed by atoms with E-state index in [0.717, 1.165) is 17.8 Å². The normalized spacial score (nSPS) is 23.5. The first kappa shape index (κ1) is 27.9. The molecule has 0 saturated carbocycles. The third-order valence-corrected chi connectivity index (χ3v) is 8.08. The minimum atomic E-state index is -0.924. The van der Waals surface area contributed by atoms with E-state index in [9.17, 15) is 19.2 Å². The molecule has 2 fully saturated rings. The van der Waals surface area contributed by atoms with Crippen molar-refractivity contribution in [1.29, 1.82) is 0 Å². The number of carbonyl (C=O) groups is 4. The number of thiazole rings is 1. The molecule has 13 nitrogen and oxygen atoms in total. The lowest BCUT2D eigenvalue weighted by atomic mass is 9.98. The number of β-lactam (4-membered cyclic amide) rings is 1. The average molecular weight is 568 g/mol. The summed E-state index contributed by atoms with van der Waals surface area (Å²) in [6.45, 7) is 4.99. The number of oxime groups is 1. The molecule has 2 saturated heterocycles. The highest BCUT2D eigenvalue weighted by Crippen LogP contribution is 2.43. The van der Waals surface area contributed by atoms with Gasteiger partial charge in [-0.25, -0.2) is 9.78 Å². The van der Waals surface area contributed by atoms with Crippen molar-refractivity contribution in [3.05, 3.63) is 22.3 Å². The van der Waals surface area contributed by atoms with Crippen LogP contribution in [-0.4, -0.2) is 83.1 Å². The zero-order valence-electron chi connectivity index (χ0n) is 21.3. The number of amides is 2. The molecule has 2 amide bonds. The topological polar surface area (TPSA) is 172 Å². The van der Waals surface area contributed by atoms with E-state index in [1.165, 1.54) is 30.0 Å². The number of nitrogen functional groups attached to an aromatic ring is 1. The number of nitrogens with one attached hydrogen (secondary N) is 1. The maximum Gasteiger partial charge on any atom is 0.358 e. The van der Waals surface area contributed by atoms with E-state index in [-0.39, 0.29) is 22.6 Å². The number of hydrogen-bond acceptors (Lipinski definition) is 13. The highest BCUT2D eigenvalue weighted by atomic mass is 32.2. The van der Waals surface area contributed by atoms with Gasteiger partial charge < -0.3 is 30.1 Å². The van der Waals surface area contributed by atoms with Crippen LogP contribution in [0.15, 0.2) is 22.6 Å². The third kappa shape index (κ3) is 5.63. The number of carbonyl (C=O) groups excluding carboxylic acids is 4. The van der Waals surface area contributed by atoms with Crippen LogP contribution in [0, 0.1) is 5.41 Å². The van der Waals surface area contributed by atoms with Gasteiger partial charge in [-0.2, -0.15) is 0 Å². The Morgan fingerprint density at radius 3 is 2.68 bits per heavy atom. The van der Waals surface area contributed by atoms with Crippen LogP contribution in [0.4, 0.5) is 5.13 Å². The van der Waals surface area contributed by atoms with Crippen molar-refractivity contribution >= 4 is 57.7 Å². The van der Waals surface area contributed by atoms with Crippen LogP contribution in [-0.2, 0) is 38.2 Å². The van der Waals surface area contributed by atoms with Gasteiger partial charge in [0.25, 0.3) is 11.8 Å². The fourth-order valence-electron chi connectivity index (χ4n) is 4.05. The van der Waals surface area contributed by atoms with Crippen LogP contribution >= 0.6 is 23.1 Å². The second-order valence-electron chi connectivity index (χ2n) is 9.65. The largest absolute Gasteiger partial charge is 0.427 e. The van der Waals surface area contributed by atoms with Gasteiger partial charge in [-0.3, -0.25) is 19.3 Å². The molecule has 1 aromatic heterocycles. The summed E-state index contributed by atoms with van der Waals surface area (Å²) in [6.07, 6.45) is 2.58. The summed E-state index contributed by atoms with van der Waals surface area (Å²) < 4.78 is 16.1. The molecular formula is C23H29N5O8S2. The minimum absolute atomic E-state index is 0.0592. The Morgan fingerprint density at radius 2 is 2.08 bits per heavy atom. The Hall–Kier alpha value is -3.17. The van der Waals surface area contributed by atoms with Crippen LogP contribution in [0.3, 0.4) is 0 Å². The van der Waals surface area contributed by atoms with Crippen molar-refractivity contribution in [3.63, 3.8) is 0 Å². The van der Waals surface area contributed by atoms with Crippen molar-refractivity contribution in [1.82, 2.24) is 15.2 Å². The maximum absolute atomic E-state index is 13.3. The first-order chi connectivity index (χ1) is 18.0. The smallest absolute Gasteiger partial charge is 0.358 e. The predicted molar refractivity (Wildman–Crippen MR) is 138 cm³/mol. The van der Waals surface area contributed by atoms with Gasteiger partial charge in [0.15, 0.2) is 10.8 Å². The summed E-state index contributed by atoms with van der Waals surface area (Å²) in [5.41, 5.74) is 5.52. The standard InChI is InChI=1S/C23H29N5O8S2/c1-23(2,3)21(32)36-10-35-20(31)16-11(12-6-5-7-34-12)9-37-19-15(18(30)28(16)19)26-17(29)14(27-33-4)13-8-25-22(24)38-13/h8,12,15,19H,5-7,9-10H2,1-4H3,(H2,24,25)(H,26,29)/b27-14-/t12-,15+,19+/m0/s1. The SMILES string of the molecule is CO/N=C(\C(=O)N[C@@H]1C(=O)N2C(C(=O)OCOC(=O)C(C)(C)C)=C([C@@H]3CCCO3)CS[C@H]12)c1cnc(N)s1. The average Bonchev–Trinajstić information content (AvgIpc) is 3.56. The van der Waals surface area contributed by atoms with Gasteiger partial charge >= 0.3 is 11.9 Å². The molecule has 0 radical (unpaired) electrons. The number of hydrogen-bond donors (Lipinski definition) is 2. The number of nitrogens with zero attached hydrogens (tertiary/aromatic N) is 3. The molecule has 4 rings (SSSR count). The number of ether oxygens (including phenoxy) is 3. The summed E-state index contributed by atoms with van der Waals surface area (Å²) in [5.74, 6) is -2.09. The molecule has 0 aromatic carbocycles. The summed E-state index contributed by atoms with van der Waals surface area (Å²) in [7, 11) is 1.29. The third-order valence-electron chi connectivity index (χ3n) is 5.94. The van der Waals surface area contributed by atoms with E-state index in [4.69, 9.17) is 24.8 Å².